The molecule has 0 amide bonds. The standard InChI is InChI=1S/C8H3Br2ClN2O/c9-5-2-1-4(3-6(5)11)7-12-8(10)13-14-7/h1-3H. The van der Waals surface area contributed by atoms with E-state index in [9.17, 15) is 0 Å². The number of halogens is 3. The second kappa shape index (κ2) is 4.00. The van der Waals surface area contributed by atoms with Gasteiger partial charge < -0.3 is 4.52 Å². The zero-order chi connectivity index (χ0) is 10.1. The minimum atomic E-state index is 0.423. The van der Waals surface area contributed by atoms with E-state index in [0.717, 1.165) is 10.0 Å². The van der Waals surface area contributed by atoms with Crippen LogP contribution in [-0.4, -0.2) is 10.1 Å². The molecular formula is C8H3Br2ClN2O. The van der Waals surface area contributed by atoms with Crippen molar-refractivity contribution in [3.63, 3.8) is 0 Å². The molecule has 0 aliphatic rings. The maximum atomic E-state index is 5.92. The van der Waals surface area contributed by atoms with Crippen LogP contribution in [0.5, 0.6) is 0 Å². The van der Waals surface area contributed by atoms with Gasteiger partial charge in [-0.1, -0.05) is 11.6 Å². The van der Waals surface area contributed by atoms with Gasteiger partial charge in [-0.05, 0) is 55.2 Å². The van der Waals surface area contributed by atoms with Crippen molar-refractivity contribution in [1.82, 2.24) is 10.1 Å². The molecule has 0 spiro atoms. The van der Waals surface area contributed by atoms with Crippen molar-refractivity contribution in [3.8, 4) is 11.5 Å². The maximum absolute atomic E-state index is 5.92. The lowest BCUT2D eigenvalue weighted by Gasteiger charge is -1.97. The lowest BCUT2D eigenvalue weighted by Crippen LogP contribution is -1.78. The van der Waals surface area contributed by atoms with Gasteiger partial charge in [0.05, 0.1) is 5.02 Å². The molecule has 1 aromatic heterocycles. The summed E-state index contributed by atoms with van der Waals surface area (Å²) < 4.78 is 6.22. The van der Waals surface area contributed by atoms with Gasteiger partial charge in [-0.2, -0.15) is 4.98 Å². The molecule has 0 radical (unpaired) electrons. The van der Waals surface area contributed by atoms with Crippen LogP contribution in [-0.2, 0) is 0 Å². The quantitative estimate of drug-likeness (QED) is 0.791. The Balaban J connectivity index is 2.47. The molecule has 0 aliphatic heterocycles. The summed E-state index contributed by atoms with van der Waals surface area (Å²) in [6.45, 7) is 0. The van der Waals surface area contributed by atoms with Crippen molar-refractivity contribution < 1.29 is 4.52 Å². The number of benzene rings is 1. The van der Waals surface area contributed by atoms with Gasteiger partial charge in [-0.3, -0.25) is 0 Å². The fourth-order valence-electron chi connectivity index (χ4n) is 0.952. The van der Waals surface area contributed by atoms with Crippen molar-refractivity contribution >= 4 is 43.5 Å². The van der Waals surface area contributed by atoms with Gasteiger partial charge in [0, 0.05) is 10.0 Å². The Morgan fingerprint density at radius 1 is 1.29 bits per heavy atom. The van der Waals surface area contributed by atoms with Gasteiger partial charge in [-0.25, -0.2) is 0 Å². The third kappa shape index (κ3) is 1.99. The van der Waals surface area contributed by atoms with Crippen LogP contribution in [0, 0.1) is 0 Å². The lowest BCUT2D eigenvalue weighted by atomic mass is 10.2. The van der Waals surface area contributed by atoms with E-state index in [2.05, 4.69) is 42.0 Å². The molecule has 1 heterocycles. The highest BCUT2D eigenvalue weighted by molar-refractivity contribution is 9.10. The van der Waals surface area contributed by atoms with Crippen molar-refractivity contribution in [2.24, 2.45) is 0 Å². The topological polar surface area (TPSA) is 38.9 Å². The van der Waals surface area contributed by atoms with Crippen LogP contribution in [0.15, 0.2) is 31.9 Å². The number of rotatable bonds is 1. The molecule has 6 heteroatoms. The Hall–Kier alpha value is -0.390. The Bertz CT molecular complexity index is 472. The highest BCUT2D eigenvalue weighted by Crippen LogP contribution is 2.28. The summed E-state index contributed by atoms with van der Waals surface area (Å²) in [4.78, 5) is 4.02. The molecule has 1 aromatic carbocycles. The molecule has 0 saturated heterocycles. The van der Waals surface area contributed by atoms with Crippen LogP contribution < -0.4 is 0 Å². The number of aromatic nitrogens is 2. The molecule has 0 saturated carbocycles. The predicted molar refractivity (Wildman–Crippen MR) is 60.1 cm³/mol. The van der Waals surface area contributed by atoms with E-state index in [1.54, 1.807) is 6.07 Å². The summed E-state index contributed by atoms with van der Waals surface area (Å²) in [6, 6.07) is 5.43. The second-order valence-corrected chi connectivity index (χ2v) is 4.47. The lowest BCUT2D eigenvalue weighted by molar-refractivity contribution is 0.426. The smallest absolute Gasteiger partial charge is 0.258 e. The molecule has 0 bridgehead atoms. The average Bonchev–Trinajstić information content (AvgIpc) is 2.57. The molecule has 14 heavy (non-hydrogen) atoms. The van der Waals surface area contributed by atoms with Crippen LogP contribution in [0.25, 0.3) is 11.5 Å². The van der Waals surface area contributed by atoms with Gasteiger partial charge in [-0.15, -0.1) is 0 Å². The van der Waals surface area contributed by atoms with Gasteiger partial charge in [0.25, 0.3) is 5.89 Å². The molecule has 0 atom stereocenters. The number of nitrogens with zero attached hydrogens (tertiary/aromatic N) is 2. The first-order valence-corrected chi connectivity index (χ1v) is 5.58. The van der Waals surface area contributed by atoms with Crippen molar-refractivity contribution in [3.05, 3.63) is 32.4 Å². The van der Waals surface area contributed by atoms with Crippen LogP contribution in [0.2, 0.25) is 5.02 Å². The minimum Gasteiger partial charge on any atom is -0.333 e. The fourth-order valence-corrected chi connectivity index (χ4v) is 1.61. The molecule has 2 aromatic rings. The first-order valence-electron chi connectivity index (χ1n) is 3.61. The Kier molecular flexibility index (Phi) is 2.90. The number of hydrogen-bond donors (Lipinski definition) is 0. The molecule has 3 nitrogen and oxygen atoms in total. The van der Waals surface area contributed by atoms with Gasteiger partial charge in [0.2, 0.25) is 4.73 Å². The minimum absolute atomic E-state index is 0.423. The predicted octanol–water partition coefficient (Wildman–Crippen LogP) is 3.92. The molecule has 0 aliphatic carbocycles. The monoisotopic (exact) mass is 336 g/mol. The average molecular weight is 338 g/mol. The van der Waals surface area contributed by atoms with E-state index in [4.69, 9.17) is 16.1 Å². The molecule has 2 rings (SSSR count). The summed E-state index contributed by atoms with van der Waals surface area (Å²) in [5, 5.41) is 4.23. The van der Waals surface area contributed by atoms with Crippen LogP contribution in [0.1, 0.15) is 0 Å². The summed E-state index contributed by atoms with van der Waals surface area (Å²) in [7, 11) is 0. The molecule has 0 N–H and O–H groups in total. The zero-order valence-electron chi connectivity index (χ0n) is 6.67. The third-order valence-corrected chi connectivity index (χ3v) is 3.12. The maximum Gasteiger partial charge on any atom is 0.258 e. The van der Waals surface area contributed by atoms with Crippen LogP contribution >= 0.6 is 43.5 Å². The van der Waals surface area contributed by atoms with E-state index >= 15 is 0 Å². The largest absolute Gasteiger partial charge is 0.333 e. The summed E-state index contributed by atoms with van der Waals surface area (Å²) >= 11 is 12.3. The zero-order valence-corrected chi connectivity index (χ0v) is 10.6. The first-order chi connectivity index (χ1) is 6.66. The van der Waals surface area contributed by atoms with Gasteiger partial charge >= 0.3 is 0 Å². The van der Waals surface area contributed by atoms with E-state index in [-0.39, 0.29) is 0 Å². The Morgan fingerprint density at radius 3 is 2.64 bits per heavy atom. The van der Waals surface area contributed by atoms with Crippen molar-refractivity contribution in [2.45, 2.75) is 0 Å². The fraction of sp³-hybridized carbons (Fsp3) is 0. The van der Waals surface area contributed by atoms with E-state index in [1.165, 1.54) is 0 Å². The highest BCUT2D eigenvalue weighted by atomic mass is 79.9. The second-order valence-electron chi connectivity index (χ2n) is 2.50. The van der Waals surface area contributed by atoms with Crippen molar-refractivity contribution in [1.29, 1.82) is 0 Å². The third-order valence-electron chi connectivity index (χ3n) is 1.57. The van der Waals surface area contributed by atoms with Gasteiger partial charge in [0.1, 0.15) is 0 Å². The molecule has 0 fully saturated rings. The first kappa shape index (κ1) is 10.1. The van der Waals surface area contributed by atoms with Crippen LogP contribution in [0.4, 0.5) is 0 Å². The summed E-state index contributed by atoms with van der Waals surface area (Å²) in [6.07, 6.45) is 0. The summed E-state index contributed by atoms with van der Waals surface area (Å²) in [5.74, 6) is 0.436. The highest BCUT2D eigenvalue weighted by Gasteiger charge is 2.08. The van der Waals surface area contributed by atoms with E-state index in [1.807, 2.05) is 12.1 Å². The Morgan fingerprint density at radius 2 is 2.07 bits per heavy atom. The normalized spacial score (nSPS) is 10.5. The molecule has 0 unspecified atom stereocenters. The molecule has 72 valence electrons. The molecular weight excluding hydrogens is 335 g/mol. The van der Waals surface area contributed by atoms with Crippen molar-refractivity contribution in [2.75, 3.05) is 0 Å². The van der Waals surface area contributed by atoms with Gasteiger partial charge in [0.15, 0.2) is 0 Å². The van der Waals surface area contributed by atoms with Crippen LogP contribution in [0.3, 0.4) is 0 Å². The van der Waals surface area contributed by atoms with E-state index < -0.39 is 0 Å². The number of hydrogen-bond acceptors (Lipinski definition) is 3. The summed E-state index contributed by atoms with van der Waals surface area (Å²) in [5.41, 5.74) is 0.788. The Labute approximate surface area is 102 Å². The SMILES string of the molecule is Clc1cc(-c2nc(Br)no2)ccc1Br. The van der Waals surface area contributed by atoms with E-state index in [0.29, 0.717) is 15.6 Å².